The fourth-order valence-corrected chi connectivity index (χ4v) is 2.87. The number of azo groups is 1. The summed E-state index contributed by atoms with van der Waals surface area (Å²) in [5, 5.41) is 18.9. The topological polar surface area (TPSA) is 85.4 Å². The van der Waals surface area contributed by atoms with Crippen LogP contribution in [0.25, 0.3) is 10.9 Å². The molecule has 1 heterocycles. The molecule has 0 unspecified atom stereocenters. The molecule has 1 aromatic heterocycles. The summed E-state index contributed by atoms with van der Waals surface area (Å²) in [4.78, 5) is 12.1. The molecule has 0 aliphatic heterocycles. The van der Waals surface area contributed by atoms with E-state index in [4.69, 9.17) is 9.47 Å². The summed E-state index contributed by atoms with van der Waals surface area (Å²) in [6, 6.07) is 14.5. The Labute approximate surface area is 156 Å². The highest BCUT2D eigenvalue weighted by Gasteiger charge is 2.18. The number of benzene rings is 2. The highest BCUT2D eigenvalue weighted by molar-refractivity contribution is 5.95. The Bertz CT molecular complexity index is 992. The van der Waals surface area contributed by atoms with E-state index in [1.54, 1.807) is 28.8 Å². The van der Waals surface area contributed by atoms with E-state index in [-0.39, 0.29) is 24.2 Å². The van der Waals surface area contributed by atoms with Gasteiger partial charge in [0, 0.05) is 11.4 Å². The molecule has 0 aliphatic rings. The fraction of sp³-hybridized carbons (Fsp3) is 0.250. The van der Waals surface area contributed by atoms with Crippen LogP contribution in [0.3, 0.4) is 0 Å². The second-order valence-corrected chi connectivity index (χ2v) is 6.19. The fourth-order valence-electron chi connectivity index (χ4n) is 2.87. The van der Waals surface area contributed by atoms with Gasteiger partial charge in [-0.15, -0.1) is 10.2 Å². The lowest BCUT2D eigenvalue weighted by molar-refractivity contribution is -0.120. The standard InChI is InChI=1S/C20H21N3O4/c1-13(2)23-15-9-5-4-8-14(15)19(20(23)25)22-21-18(24)12-27-17-11-7-6-10-16(17)26-3/h4-11,13,25H,12H2,1-3H3. The Morgan fingerprint density at radius 2 is 1.78 bits per heavy atom. The zero-order valence-corrected chi connectivity index (χ0v) is 15.4. The quantitative estimate of drug-likeness (QED) is 0.644. The Balaban J connectivity index is 1.80. The summed E-state index contributed by atoms with van der Waals surface area (Å²) in [5.74, 6) is 0.387. The molecule has 1 N–H and O–H groups in total. The van der Waals surface area contributed by atoms with Crippen molar-refractivity contribution in [2.45, 2.75) is 19.9 Å². The van der Waals surface area contributed by atoms with Crippen LogP contribution in [0.5, 0.6) is 17.4 Å². The summed E-state index contributed by atoms with van der Waals surface area (Å²) < 4.78 is 12.4. The minimum absolute atomic E-state index is 0.0200. The molecule has 0 spiro atoms. The zero-order valence-electron chi connectivity index (χ0n) is 15.4. The predicted molar refractivity (Wildman–Crippen MR) is 102 cm³/mol. The molecular formula is C20H21N3O4. The SMILES string of the molecule is COc1ccccc1OCC(=O)N=Nc1c(O)n(C(C)C)c2ccccc12. The molecule has 1 amide bonds. The molecule has 0 saturated carbocycles. The molecule has 0 fully saturated rings. The molecule has 7 heteroatoms. The first-order valence-corrected chi connectivity index (χ1v) is 8.55. The third-order valence-electron chi connectivity index (χ3n) is 4.06. The maximum Gasteiger partial charge on any atom is 0.302 e. The molecule has 2 aromatic carbocycles. The van der Waals surface area contributed by atoms with E-state index in [0.717, 1.165) is 10.9 Å². The van der Waals surface area contributed by atoms with E-state index >= 15 is 0 Å². The Morgan fingerprint density at radius 1 is 1.11 bits per heavy atom. The molecule has 3 rings (SSSR count). The Kier molecular flexibility index (Phi) is 5.40. The third kappa shape index (κ3) is 3.76. The van der Waals surface area contributed by atoms with Crippen LogP contribution < -0.4 is 9.47 Å². The van der Waals surface area contributed by atoms with E-state index in [1.165, 1.54) is 7.11 Å². The Hall–Kier alpha value is -3.35. The van der Waals surface area contributed by atoms with Gasteiger partial charge in [-0.25, -0.2) is 0 Å². The average Bonchev–Trinajstić information content (AvgIpc) is 2.96. The maximum absolute atomic E-state index is 12.1. The minimum Gasteiger partial charge on any atom is -0.493 e. The molecule has 0 aliphatic carbocycles. The number of carbonyl (C=O) groups excluding carboxylic acids is 1. The molecular weight excluding hydrogens is 346 g/mol. The van der Waals surface area contributed by atoms with Crippen LogP contribution in [0.4, 0.5) is 5.69 Å². The molecule has 0 radical (unpaired) electrons. The van der Waals surface area contributed by atoms with Gasteiger partial charge in [0.15, 0.2) is 23.8 Å². The maximum atomic E-state index is 12.1. The van der Waals surface area contributed by atoms with Crippen LogP contribution >= 0.6 is 0 Å². The Morgan fingerprint density at radius 3 is 2.48 bits per heavy atom. The second-order valence-electron chi connectivity index (χ2n) is 6.19. The number of amides is 1. The number of aromatic hydroxyl groups is 1. The van der Waals surface area contributed by atoms with Gasteiger partial charge in [0.1, 0.15) is 0 Å². The summed E-state index contributed by atoms with van der Waals surface area (Å²) in [6.07, 6.45) is 0. The van der Waals surface area contributed by atoms with Gasteiger partial charge >= 0.3 is 5.91 Å². The molecule has 0 atom stereocenters. The van der Waals surface area contributed by atoms with Crippen molar-refractivity contribution in [1.82, 2.24) is 4.57 Å². The van der Waals surface area contributed by atoms with Gasteiger partial charge in [-0.2, -0.15) is 0 Å². The number of ether oxygens (including phenoxy) is 2. The van der Waals surface area contributed by atoms with Gasteiger partial charge in [-0.05, 0) is 32.0 Å². The number of methoxy groups -OCH3 is 1. The number of aromatic nitrogens is 1. The van der Waals surface area contributed by atoms with Gasteiger partial charge in [0.25, 0.3) is 0 Å². The van der Waals surface area contributed by atoms with Gasteiger partial charge < -0.3 is 19.1 Å². The van der Waals surface area contributed by atoms with Crippen LogP contribution in [-0.2, 0) is 4.79 Å². The molecule has 0 bridgehead atoms. The van der Waals surface area contributed by atoms with E-state index in [9.17, 15) is 9.90 Å². The summed E-state index contributed by atoms with van der Waals surface area (Å²) >= 11 is 0. The second kappa shape index (κ2) is 7.90. The lowest BCUT2D eigenvalue weighted by Gasteiger charge is -2.10. The predicted octanol–water partition coefficient (Wildman–Crippen LogP) is 4.63. The number of hydrogen-bond donors (Lipinski definition) is 1. The van der Waals surface area contributed by atoms with E-state index < -0.39 is 5.91 Å². The number of nitrogens with zero attached hydrogens (tertiary/aromatic N) is 3. The van der Waals surface area contributed by atoms with E-state index in [2.05, 4.69) is 10.2 Å². The van der Waals surface area contributed by atoms with Crippen molar-refractivity contribution < 1.29 is 19.4 Å². The van der Waals surface area contributed by atoms with Crippen molar-refractivity contribution in [2.24, 2.45) is 10.2 Å². The van der Waals surface area contributed by atoms with Crippen LogP contribution in [0.2, 0.25) is 0 Å². The molecule has 27 heavy (non-hydrogen) atoms. The number of hydrogen-bond acceptors (Lipinski definition) is 5. The van der Waals surface area contributed by atoms with Crippen LogP contribution in [0.1, 0.15) is 19.9 Å². The third-order valence-corrected chi connectivity index (χ3v) is 4.06. The summed E-state index contributed by atoms with van der Waals surface area (Å²) in [6.45, 7) is 3.63. The summed E-state index contributed by atoms with van der Waals surface area (Å²) in [5.41, 5.74) is 1.10. The first-order valence-electron chi connectivity index (χ1n) is 8.55. The number of rotatable bonds is 6. The zero-order chi connectivity index (χ0) is 19.4. The van der Waals surface area contributed by atoms with Crippen LogP contribution in [-0.4, -0.2) is 29.3 Å². The lowest BCUT2D eigenvalue weighted by Crippen LogP contribution is -2.08. The highest BCUT2D eigenvalue weighted by Crippen LogP contribution is 2.40. The largest absolute Gasteiger partial charge is 0.493 e. The molecule has 3 aromatic rings. The van der Waals surface area contributed by atoms with Gasteiger partial charge in [-0.3, -0.25) is 4.79 Å². The van der Waals surface area contributed by atoms with Gasteiger partial charge in [0.2, 0.25) is 5.88 Å². The van der Waals surface area contributed by atoms with E-state index in [1.807, 2.05) is 38.1 Å². The number of para-hydroxylation sites is 3. The van der Waals surface area contributed by atoms with Gasteiger partial charge in [0.05, 0.1) is 12.6 Å². The van der Waals surface area contributed by atoms with Crippen LogP contribution in [0.15, 0.2) is 58.8 Å². The molecule has 140 valence electrons. The van der Waals surface area contributed by atoms with Crippen LogP contribution in [0, 0.1) is 0 Å². The van der Waals surface area contributed by atoms with Crippen molar-refractivity contribution in [3.63, 3.8) is 0 Å². The van der Waals surface area contributed by atoms with Crippen molar-refractivity contribution in [2.75, 3.05) is 13.7 Å². The smallest absolute Gasteiger partial charge is 0.302 e. The molecule has 7 nitrogen and oxygen atoms in total. The van der Waals surface area contributed by atoms with E-state index in [0.29, 0.717) is 11.5 Å². The van der Waals surface area contributed by atoms with Crippen molar-refractivity contribution in [3.8, 4) is 17.4 Å². The first-order chi connectivity index (χ1) is 13.0. The normalized spacial score (nSPS) is 11.4. The monoisotopic (exact) mass is 367 g/mol. The number of carbonyl (C=O) groups is 1. The van der Waals surface area contributed by atoms with Crippen molar-refractivity contribution in [3.05, 3.63) is 48.5 Å². The number of fused-ring (bicyclic) bond motifs is 1. The summed E-state index contributed by atoms with van der Waals surface area (Å²) in [7, 11) is 1.52. The highest BCUT2D eigenvalue weighted by atomic mass is 16.5. The average molecular weight is 367 g/mol. The van der Waals surface area contributed by atoms with Crippen molar-refractivity contribution >= 4 is 22.5 Å². The van der Waals surface area contributed by atoms with Gasteiger partial charge in [-0.1, -0.05) is 30.3 Å². The molecule has 0 saturated heterocycles. The van der Waals surface area contributed by atoms with Crippen molar-refractivity contribution in [1.29, 1.82) is 0 Å². The first kappa shape index (κ1) is 18.4. The minimum atomic E-state index is -0.568. The lowest BCUT2D eigenvalue weighted by atomic mass is 10.2.